The number of anilines is 1. The lowest BCUT2D eigenvalue weighted by molar-refractivity contribution is 1.01. The Morgan fingerprint density at radius 3 is 2.47 bits per heavy atom. The predicted octanol–water partition coefficient (Wildman–Crippen LogP) is 0.253. The molecule has 0 aromatic carbocycles. The summed E-state index contributed by atoms with van der Waals surface area (Å²) in [4.78, 5) is 4.32. The monoisotopic (exact) mass is 204 g/mol. The highest BCUT2D eigenvalue weighted by Crippen LogP contribution is 2.19. The zero-order chi connectivity index (χ0) is 11.0. The van der Waals surface area contributed by atoms with Gasteiger partial charge in [0.15, 0.2) is 5.82 Å². The molecule has 2 rings (SSSR count). The highest BCUT2D eigenvalue weighted by atomic mass is 15.4. The molecule has 0 radical (unpaired) electrons. The van der Waals surface area contributed by atoms with E-state index in [0.717, 1.165) is 17.0 Å². The van der Waals surface area contributed by atoms with Gasteiger partial charge < -0.3 is 11.6 Å². The average Bonchev–Trinajstić information content (AvgIpc) is 2.49. The maximum atomic E-state index is 5.68. The maximum Gasteiger partial charge on any atom is 0.241 e. The molecule has 0 aliphatic heterocycles. The summed E-state index contributed by atoms with van der Waals surface area (Å²) < 4.78 is 1.25. The van der Waals surface area contributed by atoms with Crippen molar-refractivity contribution in [2.75, 3.05) is 11.6 Å². The van der Waals surface area contributed by atoms with E-state index in [0.29, 0.717) is 5.82 Å². The number of pyridine rings is 1. The van der Waals surface area contributed by atoms with E-state index in [1.807, 2.05) is 26.0 Å². The van der Waals surface area contributed by atoms with Crippen LogP contribution < -0.4 is 11.6 Å². The number of nitrogen functional groups attached to an aromatic ring is 2. The van der Waals surface area contributed by atoms with Crippen molar-refractivity contribution in [3.05, 3.63) is 23.5 Å². The van der Waals surface area contributed by atoms with E-state index in [1.165, 1.54) is 4.68 Å². The van der Waals surface area contributed by atoms with Crippen LogP contribution in [0.2, 0.25) is 0 Å². The van der Waals surface area contributed by atoms with Gasteiger partial charge in [-0.15, -0.1) is 10.2 Å². The first-order valence-corrected chi connectivity index (χ1v) is 4.50. The molecule has 0 spiro atoms. The van der Waals surface area contributed by atoms with Gasteiger partial charge >= 0.3 is 0 Å². The molecule has 0 saturated carbocycles. The van der Waals surface area contributed by atoms with Crippen LogP contribution >= 0.6 is 0 Å². The Morgan fingerprint density at radius 1 is 1.20 bits per heavy atom. The van der Waals surface area contributed by atoms with Crippen molar-refractivity contribution >= 4 is 5.95 Å². The molecule has 2 aromatic rings. The third kappa shape index (κ3) is 1.50. The van der Waals surface area contributed by atoms with Crippen molar-refractivity contribution < 1.29 is 0 Å². The third-order valence-corrected chi connectivity index (χ3v) is 2.19. The van der Waals surface area contributed by atoms with Crippen LogP contribution in [-0.2, 0) is 0 Å². The van der Waals surface area contributed by atoms with E-state index in [1.54, 1.807) is 0 Å². The maximum absolute atomic E-state index is 5.68. The van der Waals surface area contributed by atoms with E-state index < -0.39 is 0 Å². The molecule has 6 nitrogen and oxygen atoms in total. The lowest BCUT2D eigenvalue weighted by Gasteiger charge is -2.04. The molecule has 78 valence electrons. The molecule has 2 heterocycles. The number of aromatic nitrogens is 4. The van der Waals surface area contributed by atoms with Crippen molar-refractivity contribution in [1.82, 2.24) is 19.9 Å². The van der Waals surface area contributed by atoms with Gasteiger partial charge in [0, 0.05) is 17.0 Å². The van der Waals surface area contributed by atoms with Crippen LogP contribution in [0, 0.1) is 13.8 Å². The third-order valence-electron chi connectivity index (χ3n) is 2.19. The summed E-state index contributed by atoms with van der Waals surface area (Å²) in [6.45, 7) is 3.82. The van der Waals surface area contributed by atoms with Crippen LogP contribution in [0.3, 0.4) is 0 Å². The molecule has 0 bridgehead atoms. The Hall–Kier alpha value is -2.11. The molecule has 15 heavy (non-hydrogen) atoms. The van der Waals surface area contributed by atoms with Gasteiger partial charge in [0.05, 0.1) is 0 Å². The Bertz CT molecular complexity index is 501. The standard InChI is InChI=1S/C9H12N6/c1-5-3-4-7(6(2)12-5)8-13-14-9(10)15(8)11/h3-4H,11H2,1-2H3,(H2,10,14). The Labute approximate surface area is 86.9 Å². The summed E-state index contributed by atoms with van der Waals surface area (Å²) in [6.07, 6.45) is 0. The lowest BCUT2D eigenvalue weighted by atomic mass is 10.2. The van der Waals surface area contributed by atoms with Crippen molar-refractivity contribution in [3.63, 3.8) is 0 Å². The van der Waals surface area contributed by atoms with Gasteiger partial charge in [-0.05, 0) is 26.0 Å². The molecule has 6 heteroatoms. The number of nitrogens with zero attached hydrogens (tertiary/aromatic N) is 4. The van der Waals surface area contributed by atoms with Crippen molar-refractivity contribution in [3.8, 4) is 11.4 Å². The van der Waals surface area contributed by atoms with Crippen LogP contribution in [0.15, 0.2) is 12.1 Å². The summed E-state index contributed by atoms with van der Waals surface area (Å²) in [5.74, 6) is 6.39. The number of aryl methyl sites for hydroxylation is 2. The molecule has 0 aliphatic carbocycles. The molecule has 0 unspecified atom stereocenters. The fraction of sp³-hybridized carbons (Fsp3) is 0.222. The Balaban J connectivity index is 2.59. The van der Waals surface area contributed by atoms with Gasteiger partial charge in [-0.1, -0.05) is 0 Å². The lowest BCUT2D eigenvalue weighted by Crippen LogP contribution is -2.13. The first-order valence-electron chi connectivity index (χ1n) is 4.50. The summed E-state index contributed by atoms with van der Waals surface area (Å²) in [7, 11) is 0. The van der Waals surface area contributed by atoms with Gasteiger partial charge in [-0.25, -0.2) is 4.68 Å². The SMILES string of the molecule is Cc1ccc(-c2nnc(N)n2N)c(C)n1. The number of rotatable bonds is 1. The molecule has 4 N–H and O–H groups in total. The van der Waals surface area contributed by atoms with Gasteiger partial charge in [-0.2, -0.15) is 0 Å². The fourth-order valence-corrected chi connectivity index (χ4v) is 1.41. The largest absolute Gasteiger partial charge is 0.366 e. The first kappa shape index (κ1) is 9.45. The average molecular weight is 204 g/mol. The smallest absolute Gasteiger partial charge is 0.241 e. The molecular weight excluding hydrogens is 192 g/mol. The Morgan fingerprint density at radius 2 is 1.93 bits per heavy atom. The van der Waals surface area contributed by atoms with Crippen molar-refractivity contribution in [2.24, 2.45) is 0 Å². The molecular formula is C9H12N6. The van der Waals surface area contributed by atoms with Crippen LogP contribution in [0.1, 0.15) is 11.4 Å². The second kappa shape index (κ2) is 3.23. The van der Waals surface area contributed by atoms with Crippen LogP contribution in [-0.4, -0.2) is 19.9 Å². The van der Waals surface area contributed by atoms with Gasteiger partial charge in [0.2, 0.25) is 5.95 Å². The van der Waals surface area contributed by atoms with E-state index in [9.17, 15) is 0 Å². The van der Waals surface area contributed by atoms with Crippen molar-refractivity contribution in [1.29, 1.82) is 0 Å². The molecule has 0 amide bonds. The summed E-state index contributed by atoms with van der Waals surface area (Å²) >= 11 is 0. The van der Waals surface area contributed by atoms with Crippen molar-refractivity contribution in [2.45, 2.75) is 13.8 Å². The Kier molecular flexibility index (Phi) is 2.03. The van der Waals surface area contributed by atoms with E-state index in [-0.39, 0.29) is 5.95 Å². The topological polar surface area (TPSA) is 95.6 Å². The van der Waals surface area contributed by atoms with Gasteiger partial charge in [-0.3, -0.25) is 4.98 Å². The fourth-order valence-electron chi connectivity index (χ4n) is 1.41. The molecule has 0 aliphatic rings. The first-order chi connectivity index (χ1) is 7.09. The minimum absolute atomic E-state index is 0.185. The highest BCUT2D eigenvalue weighted by Gasteiger charge is 2.11. The molecule has 0 saturated heterocycles. The second-order valence-electron chi connectivity index (χ2n) is 3.34. The minimum Gasteiger partial charge on any atom is -0.366 e. The van der Waals surface area contributed by atoms with Crippen LogP contribution in [0.25, 0.3) is 11.4 Å². The second-order valence-corrected chi connectivity index (χ2v) is 3.34. The van der Waals surface area contributed by atoms with Gasteiger partial charge in [0.1, 0.15) is 0 Å². The number of hydrogen-bond donors (Lipinski definition) is 2. The van der Waals surface area contributed by atoms with Crippen LogP contribution in [0.5, 0.6) is 0 Å². The minimum atomic E-state index is 0.185. The summed E-state index contributed by atoms with van der Waals surface area (Å²) in [5, 5.41) is 7.59. The predicted molar refractivity (Wildman–Crippen MR) is 57.3 cm³/mol. The zero-order valence-electron chi connectivity index (χ0n) is 8.60. The highest BCUT2D eigenvalue weighted by molar-refractivity contribution is 5.59. The van der Waals surface area contributed by atoms with Crippen LogP contribution in [0.4, 0.5) is 5.95 Å². The van der Waals surface area contributed by atoms with E-state index in [2.05, 4.69) is 15.2 Å². The van der Waals surface area contributed by atoms with Gasteiger partial charge in [0.25, 0.3) is 0 Å². The molecule has 0 atom stereocenters. The zero-order valence-corrected chi connectivity index (χ0v) is 8.60. The quantitative estimate of drug-likeness (QED) is 0.649. The summed E-state index contributed by atoms with van der Waals surface area (Å²) in [6, 6.07) is 3.80. The normalized spacial score (nSPS) is 10.5. The van der Waals surface area contributed by atoms with E-state index in [4.69, 9.17) is 11.6 Å². The molecule has 0 fully saturated rings. The number of hydrogen-bond acceptors (Lipinski definition) is 5. The summed E-state index contributed by atoms with van der Waals surface area (Å²) in [5.41, 5.74) is 8.15. The number of nitrogens with two attached hydrogens (primary N) is 2. The van der Waals surface area contributed by atoms with E-state index >= 15 is 0 Å². The molecule has 2 aromatic heterocycles.